The van der Waals surface area contributed by atoms with Crippen LogP contribution in [0, 0.1) is 5.92 Å². The van der Waals surface area contributed by atoms with Crippen molar-refractivity contribution in [3.63, 3.8) is 0 Å². The van der Waals surface area contributed by atoms with E-state index in [1.54, 1.807) is 0 Å². The third kappa shape index (κ3) is 5.05. The Bertz CT molecular complexity index is 663. The summed E-state index contributed by atoms with van der Waals surface area (Å²) in [6, 6.07) is 19.4. The minimum atomic E-state index is -0.226. The second-order valence-electron chi connectivity index (χ2n) is 6.52. The number of benzene rings is 2. The van der Waals surface area contributed by atoms with E-state index < -0.39 is 0 Å². The van der Waals surface area contributed by atoms with Gasteiger partial charge in [-0.15, -0.1) is 0 Å². The van der Waals surface area contributed by atoms with Gasteiger partial charge in [-0.05, 0) is 30.7 Å². The number of nitrogens with zero attached hydrogens (tertiary/aromatic N) is 1. The normalized spacial score (nSPS) is 20.8. The number of carbonyl (C=O) groups is 1. The second kappa shape index (κ2) is 8.65. The Balaban J connectivity index is 1.58. The molecular weight excluding hydrogens is 314 g/mol. The minimum absolute atomic E-state index is 0.0637. The highest BCUT2D eigenvalue weighted by atomic mass is 16.3. The lowest BCUT2D eigenvalue weighted by atomic mass is 9.92. The molecule has 5 heteroatoms. The first-order valence-corrected chi connectivity index (χ1v) is 8.74. The van der Waals surface area contributed by atoms with E-state index in [9.17, 15) is 9.90 Å². The fourth-order valence-corrected chi connectivity index (χ4v) is 3.29. The number of likely N-dealkylation sites (tertiary alicyclic amines) is 1. The molecule has 0 aromatic heterocycles. The minimum Gasteiger partial charge on any atom is -0.396 e. The van der Waals surface area contributed by atoms with Crippen molar-refractivity contribution in [1.29, 1.82) is 0 Å². The molecule has 3 N–H and O–H groups in total. The maximum atomic E-state index is 12.3. The van der Waals surface area contributed by atoms with Crippen LogP contribution in [0.4, 0.5) is 10.5 Å². The van der Waals surface area contributed by atoms with Crippen LogP contribution >= 0.6 is 0 Å². The summed E-state index contributed by atoms with van der Waals surface area (Å²) in [7, 11) is 0. The summed E-state index contributed by atoms with van der Waals surface area (Å²) < 4.78 is 0. The molecule has 1 aliphatic rings. The fraction of sp³-hybridized carbons (Fsp3) is 0.350. The van der Waals surface area contributed by atoms with Crippen LogP contribution in [0.15, 0.2) is 60.7 Å². The zero-order valence-electron chi connectivity index (χ0n) is 14.3. The largest absolute Gasteiger partial charge is 0.396 e. The maximum Gasteiger partial charge on any atom is 0.319 e. The SMILES string of the molecule is O=C(Nc1ccccc1)N[C@H]1CN(Cc2ccccc2)CC[C@@H]1CO. The third-order valence-corrected chi connectivity index (χ3v) is 4.67. The summed E-state index contributed by atoms with van der Waals surface area (Å²) in [5.74, 6) is 0.0912. The monoisotopic (exact) mass is 339 g/mol. The molecule has 1 fully saturated rings. The number of aliphatic hydroxyl groups is 1. The Morgan fingerprint density at radius 3 is 2.44 bits per heavy atom. The number of piperidine rings is 1. The number of hydrogen-bond donors (Lipinski definition) is 3. The van der Waals surface area contributed by atoms with Crippen molar-refractivity contribution in [3.8, 4) is 0 Å². The molecule has 2 amide bonds. The van der Waals surface area contributed by atoms with Crippen molar-refractivity contribution in [2.24, 2.45) is 5.92 Å². The smallest absolute Gasteiger partial charge is 0.319 e. The van der Waals surface area contributed by atoms with Crippen LogP contribution in [0.1, 0.15) is 12.0 Å². The van der Waals surface area contributed by atoms with Gasteiger partial charge in [-0.2, -0.15) is 0 Å². The summed E-state index contributed by atoms with van der Waals surface area (Å²) in [5, 5.41) is 15.5. The predicted octanol–water partition coefficient (Wildman–Crippen LogP) is 2.69. The number of rotatable bonds is 5. The fourth-order valence-electron chi connectivity index (χ4n) is 3.29. The lowest BCUT2D eigenvalue weighted by Gasteiger charge is -2.38. The quantitative estimate of drug-likeness (QED) is 0.785. The van der Waals surface area contributed by atoms with Gasteiger partial charge in [-0.3, -0.25) is 4.90 Å². The van der Waals surface area contributed by atoms with Gasteiger partial charge in [0.25, 0.3) is 0 Å². The van der Waals surface area contributed by atoms with Crippen LogP contribution in [-0.4, -0.2) is 41.8 Å². The van der Waals surface area contributed by atoms with Gasteiger partial charge in [0.15, 0.2) is 0 Å². The van der Waals surface area contributed by atoms with Crippen molar-refractivity contribution in [2.75, 3.05) is 25.0 Å². The van der Waals surface area contributed by atoms with Crippen LogP contribution in [0.25, 0.3) is 0 Å². The van der Waals surface area contributed by atoms with Gasteiger partial charge in [-0.25, -0.2) is 4.79 Å². The Morgan fingerprint density at radius 2 is 1.76 bits per heavy atom. The van der Waals surface area contributed by atoms with E-state index in [1.807, 2.05) is 48.5 Å². The highest BCUT2D eigenvalue weighted by Crippen LogP contribution is 2.19. The summed E-state index contributed by atoms with van der Waals surface area (Å²) in [5.41, 5.74) is 2.02. The average Bonchev–Trinajstić information content (AvgIpc) is 2.63. The molecule has 0 spiro atoms. The number of nitrogens with one attached hydrogen (secondary N) is 2. The summed E-state index contributed by atoms with van der Waals surface area (Å²) in [6.07, 6.45) is 0.875. The summed E-state index contributed by atoms with van der Waals surface area (Å²) >= 11 is 0. The second-order valence-corrected chi connectivity index (χ2v) is 6.52. The van der Waals surface area contributed by atoms with E-state index in [1.165, 1.54) is 5.56 Å². The molecule has 0 bridgehead atoms. The first kappa shape index (κ1) is 17.5. The standard InChI is InChI=1S/C20H25N3O2/c24-15-17-11-12-23(13-16-7-3-1-4-8-16)14-19(17)22-20(25)21-18-9-5-2-6-10-18/h1-10,17,19,24H,11-15H2,(H2,21,22,25)/t17-,19+/m1/s1. The molecule has 1 saturated heterocycles. The topological polar surface area (TPSA) is 64.6 Å². The van der Waals surface area contributed by atoms with Gasteiger partial charge in [0.2, 0.25) is 0 Å². The molecule has 1 heterocycles. The molecule has 1 aliphatic heterocycles. The van der Waals surface area contributed by atoms with Gasteiger partial charge in [0.05, 0.1) is 0 Å². The molecule has 2 atom stereocenters. The van der Waals surface area contributed by atoms with E-state index >= 15 is 0 Å². The Kier molecular flexibility index (Phi) is 6.04. The highest BCUT2D eigenvalue weighted by molar-refractivity contribution is 5.89. The number of carbonyl (C=O) groups excluding carboxylic acids is 1. The van der Waals surface area contributed by atoms with Crippen LogP contribution < -0.4 is 10.6 Å². The van der Waals surface area contributed by atoms with Gasteiger partial charge < -0.3 is 15.7 Å². The van der Waals surface area contributed by atoms with E-state index in [0.717, 1.165) is 31.7 Å². The number of hydrogen-bond acceptors (Lipinski definition) is 3. The van der Waals surface area contributed by atoms with Crippen LogP contribution in [-0.2, 0) is 6.54 Å². The van der Waals surface area contributed by atoms with E-state index in [2.05, 4.69) is 27.7 Å². The van der Waals surface area contributed by atoms with Gasteiger partial charge in [0.1, 0.15) is 0 Å². The number of urea groups is 1. The predicted molar refractivity (Wildman–Crippen MR) is 99.3 cm³/mol. The van der Waals surface area contributed by atoms with E-state index in [4.69, 9.17) is 0 Å². The first-order valence-electron chi connectivity index (χ1n) is 8.74. The molecule has 0 saturated carbocycles. The lowest BCUT2D eigenvalue weighted by molar-refractivity contribution is 0.0958. The highest BCUT2D eigenvalue weighted by Gasteiger charge is 2.30. The van der Waals surface area contributed by atoms with Crippen molar-refractivity contribution < 1.29 is 9.90 Å². The van der Waals surface area contributed by atoms with Crippen LogP contribution in [0.3, 0.4) is 0 Å². The van der Waals surface area contributed by atoms with Crippen molar-refractivity contribution in [1.82, 2.24) is 10.2 Å². The zero-order chi connectivity index (χ0) is 17.5. The van der Waals surface area contributed by atoms with Crippen molar-refractivity contribution in [2.45, 2.75) is 19.0 Å². The molecule has 2 aromatic rings. The lowest BCUT2D eigenvalue weighted by Crippen LogP contribution is -2.54. The van der Waals surface area contributed by atoms with Crippen molar-refractivity contribution in [3.05, 3.63) is 66.2 Å². The summed E-state index contributed by atoms with van der Waals surface area (Å²) in [6.45, 7) is 2.62. The zero-order valence-corrected chi connectivity index (χ0v) is 14.3. The van der Waals surface area contributed by atoms with E-state index in [-0.39, 0.29) is 24.6 Å². The third-order valence-electron chi connectivity index (χ3n) is 4.67. The van der Waals surface area contributed by atoms with Gasteiger partial charge in [-0.1, -0.05) is 48.5 Å². The number of para-hydroxylation sites is 1. The van der Waals surface area contributed by atoms with Gasteiger partial charge >= 0.3 is 6.03 Å². The van der Waals surface area contributed by atoms with Crippen LogP contribution in [0.2, 0.25) is 0 Å². The molecule has 0 unspecified atom stereocenters. The molecular formula is C20H25N3O2. The van der Waals surface area contributed by atoms with Crippen molar-refractivity contribution >= 4 is 11.7 Å². The number of aliphatic hydroxyl groups excluding tert-OH is 1. The van der Waals surface area contributed by atoms with Gasteiger partial charge in [0, 0.05) is 37.3 Å². The Hall–Kier alpha value is -2.37. The molecule has 0 aliphatic carbocycles. The molecule has 5 nitrogen and oxygen atoms in total. The number of amides is 2. The molecule has 3 rings (SSSR count). The molecule has 2 aromatic carbocycles. The Morgan fingerprint density at radius 1 is 1.08 bits per heavy atom. The molecule has 132 valence electrons. The first-order chi connectivity index (χ1) is 12.2. The number of anilines is 1. The summed E-state index contributed by atoms with van der Waals surface area (Å²) in [4.78, 5) is 14.6. The molecule has 25 heavy (non-hydrogen) atoms. The average molecular weight is 339 g/mol. The molecule has 0 radical (unpaired) electrons. The Labute approximate surface area is 148 Å². The van der Waals surface area contributed by atoms with E-state index in [0.29, 0.717) is 0 Å². The van der Waals surface area contributed by atoms with Crippen LogP contribution in [0.5, 0.6) is 0 Å². The maximum absolute atomic E-state index is 12.3.